The fourth-order valence-corrected chi connectivity index (χ4v) is 3.39. The highest BCUT2D eigenvalue weighted by atomic mass is 19.1. The zero-order chi connectivity index (χ0) is 21.8. The fraction of sp³-hybridized carbons (Fsp3) is 0.304. The molecular formula is C23H25FN2O4. The van der Waals surface area contributed by atoms with Gasteiger partial charge in [-0.1, -0.05) is 35.9 Å². The van der Waals surface area contributed by atoms with Gasteiger partial charge in [0.25, 0.3) is 0 Å². The SMILES string of the molecule is CCOC(=O)C1=C(COc2ccccc2F)N(C)C(=O)N[C@@H]1c1cc(C)ccc1C. The first kappa shape index (κ1) is 21.4. The third kappa shape index (κ3) is 4.30. The van der Waals surface area contributed by atoms with E-state index in [1.54, 1.807) is 19.1 Å². The van der Waals surface area contributed by atoms with Crippen LogP contribution in [0.5, 0.6) is 5.75 Å². The molecule has 158 valence electrons. The van der Waals surface area contributed by atoms with Gasteiger partial charge in [0.2, 0.25) is 0 Å². The highest BCUT2D eigenvalue weighted by Gasteiger charge is 2.37. The Bertz CT molecular complexity index is 1000. The van der Waals surface area contributed by atoms with Crippen LogP contribution in [0, 0.1) is 19.7 Å². The van der Waals surface area contributed by atoms with Crippen molar-refractivity contribution >= 4 is 12.0 Å². The van der Waals surface area contributed by atoms with Crippen molar-refractivity contribution in [1.82, 2.24) is 10.2 Å². The van der Waals surface area contributed by atoms with Crippen LogP contribution in [-0.2, 0) is 9.53 Å². The number of urea groups is 1. The second kappa shape index (κ2) is 8.98. The number of para-hydroxylation sites is 1. The normalized spacial score (nSPS) is 16.4. The molecular weight excluding hydrogens is 387 g/mol. The van der Waals surface area contributed by atoms with Gasteiger partial charge in [-0.25, -0.2) is 14.0 Å². The van der Waals surface area contributed by atoms with E-state index in [4.69, 9.17) is 9.47 Å². The average molecular weight is 412 g/mol. The highest BCUT2D eigenvalue weighted by molar-refractivity contribution is 5.95. The van der Waals surface area contributed by atoms with Crippen molar-refractivity contribution in [3.63, 3.8) is 0 Å². The van der Waals surface area contributed by atoms with Gasteiger partial charge in [-0.2, -0.15) is 0 Å². The number of likely N-dealkylation sites (N-methyl/N-ethyl adjacent to an activating group) is 1. The molecule has 0 bridgehead atoms. The Morgan fingerprint density at radius 1 is 1.20 bits per heavy atom. The number of hydrogen-bond donors (Lipinski definition) is 1. The number of nitrogens with zero attached hydrogens (tertiary/aromatic N) is 1. The lowest BCUT2D eigenvalue weighted by molar-refractivity contribution is -0.139. The number of carbonyl (C=O) groups excluding carboxylic acids is 2. The van der Waals surface area contributed by atoms with Crippen LogP contribution >= 0.6 is 0 Å². The van der Waals surface area contributed by atoms with Gasteiger partial charge in [-0.15, -0.1) is 0 Å². The molecule has 6 nitrogen and oxygen atoms in total. The maximum atomic E-state index is 14.0. The van der Waals surface area contributed by atoms with Crippen LogP contribution in [0.3, 0.4) is 0 Å². The standard InChI is InChI=1S/C23H25FN2O4/c1-5-29-22(27)20-18(13-30-19-9-7-6-8-17(19)24)26(4)23(28)25-21(20)16-12-14(2)10-11-15(16)3/h6-12,21H,5,13H2,1-4H3,(H,25,28)/t21-/m1/s1. The quantitative estimate of drug-likeness (QED) is 0.728. The molecule has 1 atom stereocenters. The number of hydrogen-bond acceptors (Lipinski definition) is 4. The maximum absolute atomic E-state index is 14.0. The summed E-state index contributed by atoms with van der Waals surface area (Å²) >= 11 is 0. The number of esters is 1. The minimum Gasteiger partial charge on any atom is -0.484 e. The fourth-order valence-electron chi connectivity index (χ4n) is 3.39. The number of amides is 2. The van der Waals surface area contributed by atoms with E-state index in [2.05, 4.69) is 5.32 Å². The number of halogens is 1. The zero-order valence-electron chi connectivity index (χ0n) is 17.5. The van der Waals surface area contributed by atoms with Crippen molar-refractivity contribution in [1.29, 1.82) is 0 Å². The molecule has 1 N–H and O–H groups in total. The van der Waals surface area contributed by atoms with E-state index in [1.807, 2.05) is 32.0 Å². The Morgan fingerprint density at radius 2 is 1.93 bits per heavy atom. The average Bonchev–Trinajstić information content (AvgIpc) is 2.71. The Labute approximate surface area is 175 Å². The maximum Gasteiger partial charge on any atom is 0.338 e. The molecule has 0 spiro atoms. The van der Waals surface area contributed by atoms with E-state index in [1.165, 1.54) is 24.1 Å². The number of benzene rings is 2. The first-order chi connectivity index (χ1) is 14.3. The molecule has 2 amide bonds. The highest BCUT2D eigenvalue weighted by Crippen LogP contribution is 2.33. The molecule has 0 fully saturated rings. The number of rotatable bonds is 6. The summed E-state index contributed by atoms with van der Waals surface area (Å²) in [4.78, 5) is 26.9. The van der Waals surface area contributed by atoms with Crippen molar-refractivity contribution in [3.05, 3.63) is 76.2 Å². The van der Waals surface area contributed by atoms with E-state index in [-0.39, 0.29) is 30.6 Å². The molecule has 1 aliphatic heterocycles. The zero-order valence-corrected chi connectivity index (χ0v) is 17.5. The Kier molecular flexibility index (Phi) is 6.40. The van der Waals surface area contributed by atoms with E-state index in [0.29, 0.717) is 5.70 Å². The van der Waals surface area contributed by atoms with Gasteiger partial charge in [-0.3, -0.25) is 4.90 Å². The van der Waals surface area contributed by atoms with Crippen LogP contribution in [0.15, 0.2) is 53.7 Å². The third-order valence-electron chi connectivity index (χ3n) is 5.02. The van der Waals surface area contributed by atoms with E-state index < -0.39 is 17.8 Å². The summed E-state index contributed by atoms with van der Waals surface area (Å²) in [6, 6.07) is 10.7. The lowest BCUT2D eigenvalue weighted by Gasteiger charge is -2.35. The molecule has 30 heavy (non-hydrogen) atoms. The van der Waals surface area contributed by atoms with Crippen molar-refractivity contribution in [2.24, 2.45) is 0 Å². The van der Waals surface area contributed by atoms with Crippen molar-refractivity contribution in [2.45, 2.75) is 26.8 Å². The van der Waals surface area contributed by atoms with Gasteiger partial charge in [0, 0.05) is 7.05 Å². The third-order valence-corrected chi connectivity index (χ3v) is 5.02. The van der Waals surface area contributed by atoms with Gasteiger partial charge < -0.3 is 14.8 Å². The molecule has 0 radical (unpaired) electrons. The van der Waals surface area contributed by atoms with Crippen molar-refractivity contribution in [2.75, 3.05) is 20.3 Å². The molecule has 1 heterocycles. The molecule has 0 unspecified atom stereocenters. The van der Waals surface area contributed by atoms with Crippen LogP contribution in [-0.4, -0.2) is 37.2 Å². The lowest BCUT2D eigenvalue weighted by Crippen LogP contribution is -2.48. The van der Waals surface area contributed by atoms with Gasteiger partial charge in [0.15, 0.2) is 11.6 Å². The number of nitrogens with one attached hydrogen (secondary N) is 1. The predicted molar refractivity (Wildman–Crippen MR) is 111 cm³/mol. The van der Waals surface area contributed by atoms with E-state index >= 15 is 0 Å². The van der Waals surface area contributed by atoms with Gasteiger partial charge in [-0.05, 0) is 44.0 Å². The molecule has 1 aliphatic rings. The topological polar surface area (TPSA) is 67.9 Å². The van der Waals surface area contributed by atoms with E-state index in [9.17, 15) is 14.0 Å². The summed E-state index contributed by atoms with van der Waals surface area (Å²) in [6.07, 6.45) is 0. The first-order valence-electron chi connectivity index (χ1n) is 9.72. The number of ether oxygens (including phenoxy) is 2. The summed E-state index contributed by atoms with van der Waals surface area (Å²) in [5, 5.41) is 2.88. The molecule has 0 aromatic heterocycles. The number of carbonyl (C=O) groups is 2. The lowest BCUT2D eigenvalue weighted by atomic mass is 9.90. The minimum absolute atomic E-state index is 0.0378. The van der Waals surface area contributed by atoms with E-state index in [0.717, 1.165) is 16.7 Å². The van der Waals surface area contributed by atoms with Crippen LogP contribution < -0.4 is 10.1 Å². The predicted octanol–water partition coefficient (Wildman–Crippen LogP) is 4.03. The van der Waals surface area contributed by atoms with Gasteiger partial charge >= 0.3 is 12.0 Å². The summed E-state index contributed by atoms with van der Waals surface area (Å²) in [7, 11) is 1.54. The molecule has 0 saturated carbocycles. The monoisotopic (exact) mass is 412 g/mol. The minimum atomic E-state index is -0.702. The molecule has 0 saturated heterocycles. The second-order valence-electron chi connectivity index (χ2n) is 7.10. The van der Waals surface area contributed by atoms with Crippen molar-refractivity contribution < 1.29 is 23.5 Å². The van der Waals surface area contributed by atoms with Gasteiger partial charge in [0.1, 0.15) is 6.61 Å². The largest absolute Gasteiger partial charge is 0.484 e. The molecule has 0 aliphatic carbocycles. The molecule has 7 heteroatoms. The first-order valence-corrected chi connectivity index (χ1v) is 9.72. The van der Waals surface area contributed by atoms with Gasteiger partial charge in [0.05, 0.1) is 23.9 Å². The molecule has 2 aromatic carbocycles. The number of aryl methyl sites for hydroxylation is 2. The Balaban J connectivity index is 2.09. The van der Waals surface area contributed by atoms with Crippen LogP contribution in [0.2, 0.25) is 0 Å². The second-order valence-corrected chi connectivity index (χ2v) is 7.10. The van der Waals surface area contributed by atoms with Crippen LogP contribution in [0.1, 0.15) is 29.7 Å². The Morgan fingerprint density at radius 3 is 2.63 bits per heavy atom. The summed E-state index contributed by atoms with van der Waals surface area (Å²) < 4.78 is 24.9. The molecule has 3 rings (SSSR count). The summed E-state index contributed by atoms with van der Waals surface area (Å²) in [5.74, 6) is -1.04. The Hall–Kier alpha value is -3.35. The smallest absolute Gasteiger partial charge is 0.338 e. The van der Waals surface area contributed by atoms with Crippen LogP contribution in [0.4, 0.5) is 9.18 Å². The van der Waals surface area contributed by atoms with Crippen LogP contribution in [0.25, 0.3) is 0 Å². The summed E-state index contributed by atoms with van der Waals surface area (Å²) in [6.45, 7) is 5.58. The van der Waals surface area contributed by atoms with Crippen molar-refractivity contribution in [3.8, 4) is 5.75 Å². The molecule has 2 aromatic rings. The summed E-state index contributed by atoms with van der Waals surface area (Å²) in [5.41, 5.74) is 3.31.